The average molecular weight is 540 g/mol. The largest absolute Gasteiger partial charge is 0.493 e. The second kappa shape index (κ2) is 13.9. The Balaban J connectivity index is 0.00000205. The minimum Gasteiger partial charge on any atom is -0.493 e. The molecule has 9 nitrogen and oxygen atoms in total. The molecule has 2 aromatic rings. The first-order valence-electron chi connectivity index (χ1n) is 13.6. The van der Waals surface area contributed by atoms with Crippen LogP contribution >= 0.6 is 0 Å². The lowest BCUT2D eigenvalue weighted by Gasteiger charge is -2.33. The molecule has 212 valence electrons. The fourth-order valence-corrected chi connectivity index (χ4v) is 4.31. The summed E-state index contributed by atoms with van der Waals surface area (Å²) in [5, 5.41) is 0. The first-order valence-corrected chi connectivity index (χ1v) is 13.6. The molecule has 39 heavy (non-hydrogen) atoms. The fourth-order valence-electron chi connectivity index (χ4n) is 4.31. The number of carbonyl (C=O) groups is 3. The Labute approximate surface area is 231 Å². The zero-order chi connectivity index (χ0) is 28.4. The number of carbonyl (C=O) groups excluding carboxylic acids is 3. The van der Waals surface area contributed by atoms with Gasteiger partial charge in [0.25, 0.3) is 0 Å². The Morgan fingerprint density at radius 2 is 1.59 bits per heavy atom. The number of piperazine rings is 1. The molecule has 0 N–H and O–H groups in total. The summed E-state index contributed by atoms with van der Waals surface area (Å²) in [6.45, 7) is 12.3. The molecule has 2 heterocycles. The zero-order valence-corrected chi connectivity index (χ0v) is 23.7. The van der Waals surface area contributed by atoms with Crippen molar-refractivity contribution in [1.29, 1.82) is 0 Å². The molecule has 0 radical (unpaired) electrons. The minimum atomic E-state index is -0.507. The van der Waals surface area contributed by atoms with Gasteiger partial charge in [-0.15, -0.1) is 0 Å². The van der Waals surface area contributed by atoms with Gasteiger partial charge >= 0.3 is 12.2 Å². The molecule has 3 amide bonds. The van der Waals surface area contributed by atoms with Gasteiger partial charge in [0.2, 0.25) is 5.91 Å². The smallest absolute Gasteiger partial charge is 0.410 e. The van der Waals surface area contributed by atoms with Crippen LogP contribution in [0.2, 0.25) is 0 Å². The quantitative estimate of drug-likeness (QED) is 0.493. The first kappa shape index (κ1) is 29.8. The molecule has 2 aliphatic heterocycles. The predicted molar refractivity (Wildman–Crippen MR) is 150 cm³/mol. The number of hydrogen-bond acceptors (Lipinski definition) is 6. The van der Waals surface area contributed by atoms with Gasteiger partial charge in [0, 0.05) is 37.8 Å². The van der Waals surface area contributed by atoms with E-state index in [-0.39, 0.29) is 31.1 Å². The van der Waals surface area contributed by atoms with E-state index in [4.69, 9.17) is 14.2 Å². The molecule has 0 saturated carbocycles. The molecule has 0 spiro atoms. The van der Waals surface area contributed by atoms with Crippen LogP contribution in [0.3, 0.4) is 0 Å². The summed E-state index contributed by atoms with van der Waals surface area (Å²) in [5.41, 5.74) is 1.15. The Hall–Kier alpha value is -3.75. The number of amides is 3. The SMILES string of the molecule is CC.CC(C)(C)OC(=O)N1CCC(COc2ccc(N3CCN(C(=O)OCc4ccccc4)CC3=O)cc2)C1. The maximum Gasteiger partial charge on any atom is 0.410 e. The normalized spacial score (nSPS) is 17.3. The summed E-state index contributed by atoms with van der Waals surface area (Å²) >= 11 is 0. The summed E-state index contributed by atoms with van der Waals surface area (Å²) in [5.74, 6) is 0.781. The lowest BCUT2D eigenvalue weighted by Crippen LogP contribution is -2.52. The van der Waals surface area contributed by atoms with E-state index in [1.165, 1.54) is 4.90 Å². The second-order valence-corrected chi connectivity index (χ2v) is 10.4. The first-order chi connectivity index (χ1) is 18.7. The predicted octanol–water partition coefficient (Wildman–Crippen LogP) is 5.33. The van der Waals surface area contributed by atoms with E-state index in [0.717, 1.165) is 17.7 Å². The molecular formula is C30H41N3O6. The highest BCUT2D eigenvalue weighted by molar-refractivity contribution is 5.97. The number of rotatable bonds is 6. The summed E-state index contributed by atoms with van der Waals surface area (Å²) in [7, 11) is 0. The molecule has 1 atom stereocenters. The van der Waals surface area contributed by atoms with Crippen molar-refractivity contribution in [3.63, 3.8) is 0 Å². The van der Waals surface area contributed by atoms with Crippen molar-refractivity contribution in [3.8, 4) is 5.75 Å². The van der Waals surface area contributed by atoms with E-state index in [2.05, 4.69) is 0 Å². The third-order valence-electron chi connectivity index (χ3n) is 6.26. The minimum absolute atomic E-state index is 0.0261. The van der Waals surface area contributed by atoms with Gasteiger partial charge in [-0.1, -0.05) is 44.2 Å². The summed E-state index contributed by atoms with van der Waals surface area (Å²) < 4.78 is 16.7. The number of hydrogen-bond donors (Lipinski definition) is 0. The fraction of sp³-hybridized carbons (Fsp3) is 0.500. The van der Waals surface area contributed by atoms with Crippen molar-refractivity contribution in [2.45, 2.75) is 53.2 Å². The van der Waals surface area contributed by atoms with Crippen molar-refractivity contribution in [3.05, 3.63) is 60.2 Å². The van der Waals surface area contributed by atoms with Crippen molar-refractivity contribution in [2.75, 3.05) is 44.2 Å². The molecule has 2 aromatic carbocycles. The molecule has 9 heteroatoms. The highest BCUT2D eigenvalue weighted by Crippen LogP contribution is 2.24. The highest BCUT2D eigenvalue weighted by Gasteiger charge is 2.31. The lowest BCUT2D eigenvalue weighted by molar-refractivity contribution is -0.120. The lowest BCUT2D eigenvalue weighted by atomic mass is 10.1. The van der Waals surface area contributed by atoms with Gasteiger partial charge in [-0.25, -0.2) is 9.59 Å². The summed E-state index contributed by atoms with van der Waals surface area (Å²) in [6, 6.07) is 16.8. The number of likely N-dealkylation sites (tertiary alicyclic amines) is 1. The van der Waals surface area contributed by atoms with Crippen molar-refractivity contribution in [1.82, 2.24) is 9.80 Å². The molecule has 4 rings (SSSR count). The van der Waals surface area contributed by atoms with Crippen molar-refractivity contribution >= 4 is 23.8 Å². The summed E-state index contributed by atoms with van der Waals surface area (Å²) in [6.07, 6.45) is 0.0930. The average Bonchev–Trinajstić information content (AvgIpc) is 3.41. The molecule has 2 fully saturated rings. The molecule has 0 bridgehead atoms. The second-order valence-electron chi connectivity index (χ2n) is 10.4. The third kappa shape index (κ3) is 8.90. The third-order valence-corrected chi connectivity index (χ3v) is 6.26. The number of ether oxygens (including phenoxy) is 3. The van der Waals surface area contributed by atoms with Crippen LogP contribution in [0.15, 0.2) is 54.6 Å². The van der Waals surface area contributed by atoms with Crippen molar-refractivity contribution < 1.29 is 28.6 Å². The van der Waals surface area contributed by atoms with Gasteiger partial charge in [-0.3, -0.25) is 9.69 Å². The Morgan fingerprint density at radius 3 is 2.23 bits per heavy atom. The Bertz CT molecular complexity index is 1080. The van der Waals surface area contributed by atoms with Crippen molar-refractivity contribution in [2.24, 2.45) is 5.92 Å². The van der Waals surface area contributed by atoms with Crippen LogP contribution in [0.1, 0.15) is 46.6 Å². The van der Waals surface area contributed by atoms with Crippen LogP contribution in [0.4, 0.5) is 15.3 Å². The number of benzene rings is 2. The van der Waals surface area contributed by atoms with Crippen LogP contribution in [-0.4, -0.2) is 72.8 Å². The van der Waals surface area contributed by atoms with E-state index < -0.39 is 11.7 Å². The van der Waals surface area contributed by atoms with E-state index in [1.807, 2.05) is 89.2 Å². The van der Waals surface area contributed by atoms with Crippen LogP contribution in [-0.2, 0) is 20.9 Å². The standard InChI is InChI=1S/C28H35N3O6.C2H6/c1-28(2,3)37-27(34)29-14-13-22(17-29)20-35-24-11-9-23(10-12-24)31-16-15-30(18-25(31)32)26(33)36-19-21-7-5-4-6-8-21;1-2/h4-12,22H,13-20H2,1-3H3;1-2H3. The summed E-state index contributed by atoms with van der Waals surface area (Å²) in [4.78, 5) is 42.2. The maximum atomic E-state index is 12.7. The van der Waals surface area contributed by atoms with Crippen LogP contribution in [0.5, 0.6) is 5.75 Å². The van der Waals surface area contributed by atoms with Gasteiger partial charge in [0.15, 0.2) is 0 Å². The molecule has 1 unspecified atom stereocenters. The number of anilines is 1. The van der Waals surface area contributed by atoms with Gasteiger partial charge in [0.05, 0.1) is 6.61 Å². The van der Waals surface area contributed by atoms with Gasteiger partial charge in [-0.2, -0.15) is 0 Å². The van der Waals surface area contributed by atoms with Crippen LogP contribution in [0.25, 0.3) is 0 Å². The molecule has 0 aliphatic carbocycles. The maximum absolute atomic E-state index is 12.7. The van der Waals surface area contributed by atoms with Crippen LogP contribution < -0.4 is 9.64 Å². The highest BCUT2D eigenvalue weighted by atomic mass is 16.6. The topological polar surface area (TPSA) is 88.6 Å². The van der Waals surface area contributed by atoms with E-state index >= 15 is 0 Å². The zero-order valence-electron chi connectivity index (χ0n) is 23.7. The van der Waals surface area contributed by atoms with Gasteiger partial charge in [-0.05, 0) is 57.0 Å². The monoisotopic (exact) mass is 539 g/mol. The molecular weight excluding hydrogens is 498 g/mol. The van der Waals surface area contributed by atoms with Gasteiger partial charge < -0.3 is 24.0 Å². The van der Waals surface area contributed by atoms with E-state index in [1.54, 1.807) is 9.80 Å². The number of nitrogens with zero attached hydrogens (tertiary/aromatic N) is 3. The molecule has 2 saturated heterocycles. The molecule has 0 aromatic heterocycles. The Morgan fingerprint density at radius 1 is 0.897 bits per heavy atom. The molecule has 2 aliphatic rings. The van der Waals surface area contributed by atoms with Gasteiger partial charge in [0.1, 0.15) is 24.5 Å². The van der Waals surface area contributed by atoms with Crippen LogP contribution in [0, 0.1) is 5.92 Å². The van der Waals surface area contributed by atoms with E-state index in [9.17, 15) is 14.4 Å². The van der Waals surface area contributed by atoms with E-state index in [0.29, 0.717) is 38.5 Å². The Kier molecular flexibility index (Phi) is 10.6.